The van der Waals surface area contributed by atoms with Gasteiger partial charge in [-0.05, 0) is 37.8 Å². The van der Waals surface area contributed by atoms with Gasteiger partial charge in [0.15, 0.2) is 0 Å². The Labute approximate surface area is 158 Å². The van der Waals surface area contributed by atoms with Crippen LogP contribution in [0, 0.1) is 5.92 Å². The summed E-state index contributed by atoms with van der Waals surface area (Å²) in [6.07, 6.45) is 2.60. The topological polar surface area (TPSA) is 97.0 Å². The highest BCUT2D eigenvalue weighted by atomic mass is 16.5. The minimum absolute atomic E-state index is 0.161. The average Bonchev–Trinajstić information content (AvgIpc) is 3.45. The molecule has 1 aromatic carbocycles. The van der Waals surface area contributed by atoms with Crippen molar-refractivity contribution in [1.29, 1.82) is 0 Å². The SMILES string of the molecule is COCCCOc1cccc(NC(=O)CN2C(=O)NC(C)(C3CC3)C2=O)c1. The lowest BCUT2D eigenvalue weighted by molar-refractivity contribution is -0.134. The number of ether oxygens (including phenoxy) is 2. The molecule has 1 saturated heterocycles. The van der Waals surface area contributed by atoms with Gasteiger partial charge < -0.3 is 20.1 Å². The van der Waals surface area contributed by atoms with Crippen LogP contribution in [-0.4, -0.2) is 55.2 Å². The first-order chi connectivity index (χ1) is 12.9. The van der Waals surface area contributed by atoms with E-state index in [1.807, 2.05) is 0 Å². The van der Waals surface area contributed by atoms with Gasteiger partial charge in [0.25, 0.3) is 5.91 Å². The molecule has 0 aromatic heterocycles. The normalized spacial score (nSPS) is 21.9. The van der Waals surface area contributed by atoms with Crippen LogP contribution in [0.1, 0.15) is 26.2 Å². The molecule has 27 heavy (non-hydrogen) atoms. The second kappa shape index (κ2) is 7.96. The van der Waals surface area contributed by atoms with Gasteiger partial charge in [-0.1, -0.05) is 6.07 Å². The fourth-order valence-electron chi connectivity index (χ4n) is 3.20. The first-order valence-electron chi connectivity index (χ1n) is 9.10. The molecule has 2 aliphatic rings. The van der Waals surface area contributed by atoms with Crippen molar-refractivity contribution in [2.75, 3.05) is 32.2 Å². The van der Waals surface area contributed by atoms with E-state index in [0.29, 0.717) is 24.7 Å². The standard InChI is InChI=1S/C19H25N3O5/c1-19(13-7-8-13)17(24)22(18(25)21-19)12-16(23)20-14-5-3-6-15(11-14)27-10-4-9-26-2/h3,5-6,11,13H,4,7-10,12H2,1-2H3,(H,20,23)(H,21,25). The molecule has 146 valence electrons. The molecule has 4 amide bonds. The Balaban J connectivity index is 1.55. The van der Waals surface area contributed by atoms with Crippen molar-refractivity contribution in [2.24, 2.45) is 5.92 Å². The van der Waals surface area contributed by atoms with Gasteiger partial charge in [0, 0.05) is 31.9 Å². The van der Waals surface area contributed by atoms with Crippen molar-refractivity contribution in [2.45, 2.75) is 31.7 Å². The van der Waals surface area contributed by atoms with Gasteiger partial charge in [-0.15, -0.1) is 0 Å². The molecule has 1 aliphatic carbocycles. The number of nitrogens with one attached hydrogen (secondary N) is 2. The Morgan fingerprint density at radius 3 is 2.81 bits per heavy atom. The minimum atomic E-state index is -0.882. The molecular formula is C19H25N3O5. The summed E-state index contributed by atoms with van der Waals surface area (Å²) in [4.78, 5) is 38.0. The number of anilines is 1. The number of carbonyl (C=O) groups is 3. The number of methoxy groups -OCH3 is 1. The molecule has 8 nitrogen and oxygen atoms in total. The lowest BCUT2D eigenvalue weighted by Crippen LogP contribution is -2.46. The van der Waals surface area contributed by atoms with Crippen molar-refractivity contribution in [3.63, 3.8) is 0 Å². The van der Waals surface area contributed by atoms with Gasteiger partial charge in [0.05, 0.1) is 6.61 Å². The van der Waals surface area contributed by atoms with Crippen molar-refractivity contribution in [1.82, 2.24) is 10.2 Å². The number of benzene rings is 1. The number of carbonyl (C=O) groups excluding carboxylic acids is 3. The Kier molecular flexibility index (Phi) is 5.65. The summed E-state index contributed by atoms with van der Waals surface area (Å²) in [7, 11) is 1.63. The van der Waals surface area contributed by atoms with E-state index in [1.165, 1.54) is 0 Å². The Hall–Kier alpha value is -2.61. The maximum Gasteiger partial charge on any atom is 0.325 e. The molecule has 0 spiro atoms. The van der Waals surface area contributed by atoms with Gasteiger partial charge in [0.1, 0.15) is 17.8 Å². The van der Waals surface area contributed by atoms with E-state index >= 15 is 0 Å². The summed E-state index contributed by atoms with van der Waals surface area (Å²) >= 11 is 0. The van der Waals surface area contributed by atoms with Crippen molar-refractivity contribution >= 4 is 23.5 Å². The zero-order valence-corrected chi connectivity index (χ0v) is 15.6. The quantitative estimate of drug-likeness (QED) is 0.506. The summed E-state index contributed by atoms with van der Waals surface area (Å²) in [6, 6.07) is 6.46. The molecule has 3 rings (SSSR count). The predicted molar refractivity (Wildman–Crippen MR) is 98.4 cm³/mol. The van der Waals surface area contributed by atoms with Crippen LogP contribution in [0.5, 0.6) is 5.75 Å². The summed E-state index contributed by atoms with van der Waals surface area (Å²) in [6.45, 7) is 2.54. The third-order valence-electron chi connectivity index (χ3n) is 4.88. The van der Waals surface area contributed by atoms with E-state index in [-0.39, 0.29) is 18.4 Å². The molecule has 1 heterocycles. The first-order valence-corrected chi connectivity index (χ1v) is 9.10. The summed E-state index contributed by atoms with van der Waals surface area (Å²) in [5, 5.41) is 5.44. The third-order valence-corrected chi connectivity index (χ3v) is 4.88. The fraction of sp³-hybridized carbons (Fsp3) is 0.526. The number of hydrogen-bond acceptors (Lipinski definition) is 5. The van der Waals surface area contributed by atoms with E-state index in [9.17, 15) is 14.4 Å². The largest absolute Gasteiger partial charge is 0.493 e. The zero-order valence-electron chi connectivity index (χ0n) is 15.6. The Morgan fingerprint density at radius 2 is 2.11 bits per heavy atom. The second-order valence-corrected chi connectivity index (χ2v) is 7.07. The summed E-state index contributed by atoms with van der Waals surface area (Å²) in [5.74, 6) is 0.0182. The minimum Gasteiger partial charge on any atom is -0.493 e. The van der Waals surface area contributed by atoms with E-state index < -0.39 is 17.5 Å². The molecule has 8 heteroatoms. The maximum absolute atomic E-state index is 12.6. The smallest absolute Gasteiger partial charge is 0.325 e. The van der Waals surface area contributed by atoms with Crippen molar-refractivity contribution < 1.29 is 23.9 Å². The number of hydrogen-bond donors (Lipinski definition) is 2. The summed E-state index contributed by atoms with van der Waals surface area (Å²) < 4.78 is 10.6. The predicted octanol–water partition coefficient (Wildman–Crippen LogP) is 1.76. The first kappa shape index (κ1) is 19.2. The van der Waals surface area contributed by atoms with Gasteiger partial charge in [-0.25, -0.2) is 4.79 Å². The van der Waals surface area contributed by atoms with Gasteiger partial charge in [0.2, 0.25) is 5.91 Å². The fourth-order valence-corrected chi connectivity index (χ4v) is 3.20. The lowest BCUT2D eigenvalue weighted by Gasteiger charge is -2.20. The number of nitrogens with zero attached hydrogens (tertiary/aromatic N) is 1. The van der Waals surface area contributed by atoms with Crippen LogP contribution in [0.2, 0.25) is 0 Å². The van der Waals surface area contributed by atoms with Crippen molar-refractivity contribution in [3.05, 3.63) is 24.3 Å². The molecule has 1 unspecified atom stereocenters. The highest BCUT2D eigenvalue weighted by Gasteiger charge is 2.56. The Morgan fingerprint density at radius 1 is 1.33 bits per heavy atom. The average molecular weight is 375 g/mol. The Bertz CT molecular complexity index is 734. The van der Waals surface area contributed by atoms with E-state index in [4.69, 9.17) is 9.47 Å². The molecule has 0 radical (unpaired) electrons. The van der Waals surface area contributed by atoms with Crippen LogP contribution in [0.3, 0.4) is 0 Å². The molecule has 2 N–H and O–H groups in total. The van der Waals surface area contributed by atoms with E-state index in [1.54, 1.807) is 38.3 Å². The van der Waals surface area contributed by atoms with E-state index in [2.05, 4.69) is 10.6 Å². The molecular weight excluding hydrogens is 350 g/mol. The highest BCUT2D eigenvalue weighted by Crippen LogP contribution is 2.42. The molecule has 0 bridgehead atoms. The van der Waals surface area contributed by atoms with Crippen LogP contribution in [0.25, 0.3) is 0 Å². The highest BCUT2D eigenvalue weighted by molar-refractivity contribution is 6.10. The number of imide groups is 1. The summed E-state index contributed by atoms with van der Waals surface area (Å²) in [5.41, 5.74) is -0.339. The van der Waals surface area contributed by atoms with Crippen molar-refractivity contribution in [3.8, 4) is 5.75 Å². The van der Waals surface area contributed by atoms with Gasteiger partial charge in [-0.2, -0.15) is 0 Å². The van der Waals surface area contributed by atoms with Crippen LogP contribution < -0.4 is 15.4 Å². The lowest BCUT2D eigenvalue weighted by atomic mass is 9.96. The van der Waals surface area contributed by atoms with Gasteiger partial charge in [-0.3, -0.25) is 14.5 Å². The number of rotatable bonds is 9. The number of amides is 4. The van der Waals surface area contributed by atoms with E-state index in [0.717, 1.165) is 24.2 Å². The second-order valence-electron chi connectivity index (χ2n) is 7.07. The van der Waals surface area contributed by atoms with Crippen LogP contribution >= 0.6 is 0 Å². The molecule has 1 aromatic rings. The maximum atomic E-state index is 12.6. The van der Waals surface area contributed by atoms with Gasteiger partial charge >= 0.3 is 6.03 Å². The molecule has 2 fully saturated rings. The van der Waals surface area contributed by atoms with Crippen LogP contribution in [0.15, 0.2) is 24.3 Å². The monoisotopic (exact) mass is 375 g/mol. The molecule has 1 aliphatic heterocycles. The molecule has 1 atom stereocenters. The van der Waals surface area contributed by atoms with Crippen LogP contribution in [-0.2, 0) is 14.3 Å². The third kappa shape index (κ3) is 4.39. The number of urea groups is 1. The molecule has 1 saturated carbocycles. The van der Waals surface area contributed by atoms with Crippen LogP contribution in [0.4, 0.5) is 10.5 Å². The zero-order chi connectivity index (χ0) is 19.4.